The molecule has 0 bridgehead atoms. The van der Waals surface area contributed by atoms with Gasteiger partial charge in [-0.05, 0) is 12.8 Å². The molecule has 0 aliphatic heterocycles. The van der Waals surface area contributed by atoms with Crippen LogP contribution in [-0.2, 0) is 19.1 Å². The van der Waals surface area contributed by atoms with Crippen LogP contribution >= 0.6 is 0 Å². The lowest BCUT2D eigenvalue weighted by atomic mass is 10.0. The molecule has 4 heteroatoms. The summed E-state index contributed by atoms with van der Waals surface area (Å²) in [5.74, 6) is -0.303. The van der Waals surface area contributed by atoms with E-state index in [1.165, 1.54) is 154 Å². The van der Waals surface area contributed by atoms with Gasteiger partial charge < -0.3 is 9.47 Å². The number of carbonyl (C=O) groups is 2. The maximum Gasteiger partial charge on any atom is 0.306 e. The topological polar surface area (TPSA) is 52.6 Å². The Morgan fingerprint density at radius 1 is 0.425 bits per heavy atom. The van der Waals surface area contributed by atoms with Gasteiger partial charge in [0.2, 0.25) is 0 Å². The number of ether oxygens (including phenoxy) is 2. The van der Waals surface area contributed by atoms with Crippen LogP contribution in [0.15, 0.2) is 0 Å². The molecule has 0 aliphatic carbocycles. The van der Waals surface area contributed by atoms with Crippen LogP contribution in [0.2, 0.25) is 0 Å². The maximum atomic E-state index is 11.9. The number of esters is 2. The maximum absolute atomic E-state index is 11.9. The first kappa shape index (κ1) is 38.9. The van der Waals surface area contributed by atoms with Gasteiger partial charge in [0.25, 0.3) is 0 Å². The second-order valence-electron chi connectivity index (χ2n) is 12.0. The van der Waals surface area contributed by atoms with Crippen molar-refractivity contribution in [3.05, 3.63) is 6.61 Å². The minimum Gasteiger partial charge on any atom is -0.466 e. The lowest BCUT2D eigenvalue weighted by Crippen LogP contribution is -2.08. The molecule has 4 nitrogen and oxygen atoms in total. The smallest absolute Gasteiger partial charge is 0.306 e. The third-order valence-electron chi connectivity index (χ3n) is 7.93. The molecule has 1 radical (unpaired) electrons. The summed E-state index contributed by atoms with van der Waals surface area (Å²) < 4.78 is 10.4. The van der Waals surface area contributed by atoms with Crippen molar-refractivity contribution < 1.29 is 19.1 Å². The number of hydrogen-bond donors (Lipinski definition) is 0. The standard InChI is InChI=1S/C36H69O4/c1-3-5-7-9-11-13-15-17-19-21-23-25-27-29-32-36(38)40-34-30-33-39-35(37)31-28-26-24-22-20-18-16-14-12-10-8-6-4-2/h34H,3-33H2,1-2H3. The monoisotopic (exact) mass is 566 g/mol. The first-order chi connectivity index (χ1) is 19.7. The van der Waals surface area contributed by atoms with E-state index in [0.717, 1.165) is 25.7 Å². The van der Waals surface area contributed by atoms with Crippen molar-refractivity contribution in [3.63, 3.8) is 0 Å². The Labute approximate surface area is 250 Å². The molecule has 0 spiro atoms. The van der Waals surface area contributed by atoms with E-state index in [-0.39, 0.29) is 11.9 Å². The first-order valence-electron chi connectivity index (χ1n) is 17.9. The average molecular weight is 566 g/mol. The summed E-state index contributed by atoms with van der Waals surface area (Å²) in [4.78, 5) is 23.7. The van der Waals surface area contributed by atoms with Crippen molar-refractivity contribution >= 4 is 11.9 Å². The molecule has 0 aromatic carbocycles. The van der Waals surface area contributed by atoms with Gasteiger partial charge >= 0.3 is 11.9 Å². The Kier molecular flexibility index (Phi) is 33.2. The zero-order valence-corrected chi connectivity index (χ0v) is 27.1. The molecule has 0 N–H and O–H groups in total. The zero-order valence-electron chi connectivity index (χ0n) is 27.1. The van der Waals surface area contributed by atoms with E-state index >= 15 is 0 Å². The molecule has 237 valence electrons. The predicted molar refractivity (Wildman–Crippen MR) is 171 cm³/mol. The molecule has 0 fully saturated rings. The van der Waals surface area contributed by atoms with Crippen molar-refractivity contribution in [2.24, 2.45) is 0 Å². The van der Waals surface area contributed by atoms with E-state index in [4.69, 9.17) is 9.47 Å². The summed E-state index contributed by atoms with van der Waals surface area (Å²) >= 11 is 0. The fourth-order valence-electron chi connectivity index (χ4n) is 5.25. The molecule has 0 aliphatic rings. The lowest BCUT2D eigenvalue weighted by molar-refractivity contribution is -0.144. The van der Waals surface area contributed by atoms with E-state index in [1.807, 2.05) is 0 Å². The van der Waals surface area contributed by atoms with Gasteiger partial charge in [-0.15, -0.1) is 0 Å². The Balaban J connectivity index is 3.26. The molecule has 0 aromatic heterocycles. The molecular weight excluding hydrogens is 496 g/mol. The highest BCUT2D eigenvalue weighted by Crippen LogP contribution is 2.15. The lowest BCUT2D eigenvalue weighted by Gasteiger charge is -2.06. The van der Waals surface area contributed by atoms with Gasteiger partial charge in [-0.2, -0.15) is 0 Å². The predicted octanol–water partition coefficient (Wildman–Crippen LogP) is 12.0. The summed E-state index contributed by atoms with van der Waals surface area (Å²) in [5.41, 5.74) is 0. The average Bonchev–Trinajstić information content (AvgIpc) is 2.95. The third kappa shape index (κ3) is 33.1. The van der Waals surface area contributed by atoms with Crippen LogP contribution in [0.5, 0.6) is 0 Å². The van der Waals surface area contributed by atoms with E-state index < -0.39 is 0 Å². The highest BCUT2D eigenvalue weighted by molar-refractivity contribution is 5.70. The number of carbonyl (C=O) groups excluding carboxylic acids is 2. The van der Waals surface area contributed by atoms with Gasteiger partial charge in [-0.25, -0.2) is 0 Å². The second-order valence-corrected chi connectivity index (χ2v) is 12.0. The van der Waals surface area contributed by atoms with Gasteiger partial charge in [0.1, 0.15) is 6.61 Å². The molecule has 0 saturated carbocycles. The molecular formula is C36H69O4. The van der Waals surface area contributed by atoms with Gasteiger partial charge in [0.15, 0.2) is 0 Å². The minimum atomic E-state index is -0.169. The van der Waals surface area contributed by atoms with Crippen molar-refractivity contribution in [2.45, 2.75) is 206 Å². The summed E-state index contributed by atoms with van der Waals surface area (Å²) in [6.07, 6.45) is 36.7. The Morgan fingerprint density at radius 2 is 0.725 bits per heavy atom. The summed E-state index contributed by atoms with van der Waals surface area (Å²) in [5, 5.41) is 0. The van der Waals surface area contributed by atoms with Crippen LogP contribution in [-0.4, -0.2) is 18.5 Å². The molecule has 40 heavy (non-hydrogen) atoms. The van der Waals surface area contributed by atoms with Crippen molar-refractivity contribution in [1.82, 2.24) is 0 Å². The van der Waals surface area contributed by atoms with Crippen LogP contribution in [0.25, 0.3) is 0 Å². The van der Waals surface area contributed by atoms with E-state index in [9.17, 15) is 9.59 Å². The zero-order chi connectivity index (χ0) is 29.2. The van der Waals surface area contributed by atoms with Crippen molar-refractivity contribution in [1.29, 1.82) is 0 Å². The number of rotatable bonds is 33. The SMILES string of the molecule is CCCCCCCCCCCCCCCCC(=O)O[CH]CCOC(=O)CCCCCCCCCCCCCCC. The Bertz CT molecular complexity index is 519. The van der Waals surface area contributed by atoms with Crippen LogP contribution in [0.3, 0.4) is 0 Å². The van der Waals surface area contributed by atoms with Crippen LogP contribution < -0.4 is 0 Å². The van der Waals surface area contributed by atoms with Crippen LogP contribution in [0, 0.1) is 6.61 Å². The van der Waals surface area contributed by atoms with Gasteiger partial charge in [0.05, 0.1) is 6.61 Å². The van der Waals surface area contributed by atoms with Gasteiger partial charge in [0, 0.05) is 19.3 Å². The van der Waals surface area contributed by atoms with Crippen molar-refractivity contribution in [2.75, 3.05) is 6.61 Å². The number of unbranched alkanes of at least 4 members (excludes halogenated alkanes) is 25. The fourth-order valence-corrected chi connectivity index (χ4v) is 5.25. The highest BCUT2D eigenvalue weighted by Gasteiger charge is 2.06. The highest BCUT2D eigenvalue weighted by atomic mass is 16.5. The molecule has 0 saturated heterocycles. The summed E-state index contributed by atoms with van der Waals surface area (Å²) in [7, 11) is 0. The molecule has 0 atom stereocenters. The molecule has 0 rings (SSSR count). The van der Waals surface area contributed by atoms with Gasteiger partial charge in [-0.3, -0.25) is 9.59 Å². The molecule has 0 amide bonds. The summed E-state index contributed by atoms with van der Waals surface area (Å²) in [6.45, 7) is 6.33. The minimum absolute atomic E-state index is 0.134. The van der Waals surface area contributed by atoms with E-state index in [1.54, 1.807) is 0 Å². The first-order valence-corrected chi connectivity index (χ1v) is 17.9. The fraction of sp³-hybridized carbons (Fsp3) is 0.917. The largest absolute Gasteiger partial charge is 0.466 e. The molecule has 0 unspecified atom stereocenters. The molecule has 0 heterocycles. The third-order valence-corrected chi connectivity index (χ3v) is 7.93. The number of hydrogen-bond acceptors (Lipinski definition) is 4. The van der Waals surface area contributed by atoms with Crippen LogP contribution in [0.1, 0.15) is 206 Å². The van der Waals surface area contributed by atoms with Crippen molar-refractivity contribution in [3.8, 4) is 0 Å². The molecule has 0 aromatic rings. The normalized spacial score (nSPS) is 11.2. The van der Waals surface area contributed by atoms with E-state index in [2.05, 4.69) is 13.8 Å². The second kappa shape index (κ2) is 34.1. The van der Waals surface area contributed by atoms with Crippen LogP contribution in [0.4, 0.5) is 0 Å². The summed E-state index contributed by atoms with van der Waals surface area (Å²) in [6, 6.07) is 0. The quantitative estimate of drug-likeness (QED) is 0.0586. The van der Waals surface area contributed by atoms with E-state index in [0.29, 0.717) is 25.9 Å². The Morgan fingerprint density at radius 3 is 1.07 bits per heavy atom. The van der Waals surface area contributed by atoms with Gasteiger partial charge in [-0.1, -0.05) is 174 Å². The Hall–Kier alpha value is -1.06.